The van der Waals surface area contributed by atoms with Gasteiger partial charge < -0.3 is 0 Å². The van der Waals surface area contributed by atoms with E-state index in [1.165, 1.54) is 0 Å². The van der Waals surface area contributed by atoms with Gasteiger partial charge in [0, 0.05) is 20.0 Å². The number of benzene rings is 1. The van der Waals surface area contributed by atoms with Crippen molar-refractivity contribution in [1.82, 2.24) is 16.0 Å². The number of nitrogens with one attached hydrogen (secondary N) is 3. The highest BCUT2D eigenvalue weighted by atomic mass is 15.2. The first-order chi connectivity index (χ1) is 6.00. The first kappa shape index (κ1) is 9.19. The van der Waals surface area contributed by atoms with Gasteiger partial charge in [-0.3, -0.25) is 16.0 Å². The summed E-state index contributed by atoms with van der Waals surface area (Å²) in [7, 11) is 0. The second-order valence-corrected chi connectivity index (χ2v) is 2.44. The highest BCUT2D eigenvalue weighted by Gasteiger charge is 1.89. The van der Waals surface area contributed by atoms with Crippen LogP contribution in [0.15, 0.2) is 36.4 Å². The van der Waals surface area contributed by atoms with Crippen molar-refractivity contribution in [3.63, 3.8) is 0 Å². The van der Waals surface area contributed by atoms with Crippen LogP contribution in [0.5, 0.6) is 0 Å². The predicted molar refractivity (Wildman–Crippen MR) is 50.5 cm³/mol. The highest BCUT2D eigenvalue weighted by molar-refractivity contribution is 4.99. The lowest BCUT2D eigenvalue weighted by atomic mass is 10.4. The van der Waals surface area contributed by atoms with Crippen molar-refractivity contribution in [2.75, 3.05) is 20.0 Å². The third-order valence-electron chi connectivity index (χ3n) is 1.42. The largest absolute Gasteiger partial charge is 0.292 e. The normalized spacial score (nSPS) is 16.0. The van der Waals surface area contributed by atoms with Gasteiger partial charge in [-0.1, -0.05) is 36.4 Å². The topological polar surface area (TPSA) is 36.1 Å². The molecule has 0 atom stereocenters. The molecule has 0 bridgehead atoms. The summed E-state index contributed by atoms with van der Waals surface area (Å²) in [6.07, 6.45) is 0. The average Bonchev–Trinajstić information content (AvgIpc) is 2.24. The van der Waals surface area contributed by atoms with E-state index >= 15 is 0 Å². The van der Waals surface area contributed by atoms with E-state index in [-0.39, 0.29) is 0 Å². The van der Waals surface area contributed by atoms with Crippen molar-refractivity contribution in [3.8, 4) is 0 Å². The van der Waals surface area contributed by atoms with Gasteiger partial charge >= 0.3 is 0 Å². The minimum atomic E-state index is 0.938. The molecule has 1 fully saturated rings. The molecule has 0 unspecified atom stereocenters. The number of hydrogen-bond acceptors (Lipinski definition) is 3. The second-order valence-electron chi connectivity index (χ2n) is 2.44. The minimum absolute atomic E-state index is 0.938. The van der Waals surface area contributed by atoms with Gasteiger partial charge in [0.05, 0.1) is 0 Å². The Labute approximate surface area is 73.2 Å². The summed E-state index contributed by atoms with van der Waals surface area (Å²) >= 11 is 0. The molecule has 1 aromatic rings. The Bertz CT molecular complexity index is 134. The van der Waals surface area contributed by atoms with Crippen LogP contribution in [0.25, 0.3) is 0 Å². The fourth-order valence-corrected chi connectivity index (χ4v) is 0.838. The van der Waals surface area contributed by atoms with Crippen LogP contribution in [-0.2, 0) is 0 Å². The second kappa shape index (κ2) is 6.79. The Kier molecular flexibility index (Phi) is 5.20. The monoisotopic (exact) mass is 165 g/mol. The first-order valence-electron chi connectivity index (χ1n) is 4.12. The molecule has 12 heavy (non-hydrogen) atoms. The van der Waals surface area contributed by atoms with Gasteiger partial charge in [0.15, 0.2) is 0 Å². The molecule has 1 saturated heterocycles. The van der Waals surface area contributed by atoms with Crippen molar-refractivity contribution < 1.29 is 0 Å². The SMILES string of the molecule is C1NCNCN1.c1ccccc1. The van der Waals surface area contributed by atoms with Crippen molar-refractivity contribution >= 4 is 0 Å². The van der Waals surface area contributed by atoms with Gasteiger partial charge in [-0.25, -0.2) is 0 Å². The Morgan fingerprint density at radius 1 is 0.500 bits per heavy atom. The molecular formula is C9H15N3. The van der Waals surface area contributed by atoms with Gasteiger partial charge in [0.25, 0.3) is 0 Å². The van der Waals surface area contributed by atoms with E-state index in [1.54, 1.807) is 0 Å². The molecule has 3 nitrogen and oxygen atoms in total. The van der Waals surface area contributed by atoms with Gasteiger partial charge in [0.1, 0.15) is 0 Å². The summed E-state index contributed by atoms with van der Waals surface area (Å²) < 4.78 is 0. The maximum absolute atomic E-state index is 3.06. The summed E-state index contributed by atoms with van der Waals surface area (Å²) in [5.74, 6) is 0. The fraction of sp³-hybridized carbons (Fsp3) is 0.333. The van der Waals surface area contributed by atoms with Crippen molar-refractivity contribution in [1.29, 1.82) is 0 Å². The molecule has 0 spiro atoms. The van der Waals surface area contributed by atoms with Gasteiger partial charge in [-0.15, -0.1) is 0 Å². The number of hydrogen-bond donors (Lipinski definition) is 3. The van der Waals surface area contributed by atoms with Gasteiger partial charge in [-0.05, 0) is 0 Å². The average molecular weight is 165 g/mol. The van der Waals surface area contributed by atoms with Crippen molar-refractivity contribution in [3.05, 3.63) is 36.4 Å². The molecule has 1 heterocycles. The van der Waals surface area contributed by atoms with E-state index < -0.39 is 0 Å². The van der Waals surface area contributed by atoms with Crippen LogP contribution in [0.1, 0.15) is 0 Å². The molecule has 66 valence electrons. The molecule has 1 aromatic carbocycles. The standard InChI is InChI=1S/C6H6.C3H9N3/c1-2-4-6-5-3-1;1-4-2-6-3-5-1/h1-6H;4-6H,1-3H2. The zero-order valence-corrected chi connectivity index (χ0v) is 7.09. The zero-order chi connectivity index (χ0) is 8.49. The summed E-state index contributed by atoms with van der Waals surface area (Å²) in [6.45, 7) is 2.81. The Hall–Kier alpha value is -0.900. The summed E-state index contributed by atoms with van der Waals surface area (Å²) in [4.78, 5) is 0. The Balaban J connectivity index is 0.000000120. The van der Waals surface area contributed by atoms with Crippen LogP contribution in [0.2, 0.25) is 0 Å². The van der Waals surface area contributed by atoms with Crippen molar-refractivity contribution in [2.45, 2.75) is 0 Å². The molecule has 2 rings (SSSR count). The molecule has 1 aliphatic heterocycles. The van der Waals surface area contributed by atoms with E-state index in [9.17, 15) is 0 Å². The van der Waals surface area contributed by atoms with Crippen LogP contribution in [0.3, 0.4) is 0 Å². The molecule has 3 N–H and O–H groups in total. The lowest BCUT2D eigenvalue weighted by Crippen LogP contribution is -2.47. The molecule has 1 aliphatic rings. The minimum Gasteiger partial charge on any atom is -0.292 e. The molecule has 0 radical (unpaired) electrons. The lowest BCUT2D eigenvalue weighted by molar-refractivity contribution is 0.443. The van der Waals surface area contributed by atoms with Gasteiger partial charge in [0.2, 0.25) is 0 Å². The summed E-state index contributed by atoms with van der Waals surface area (Å²) in [6, 6.07) is 12.0. The van der Waals surface area contributed by atoms with Crippen LogP contribution >= 0.6 is 0 Å². The van der Waals surface area contributed by atoms with Crippen LogP contribution < -0.4 is 16.0 Å². The molecular weight excluding hydrogens is 150 g/mol. The molecule has 0 aromatic heterocycles. The molecule has 3 heteroatoms. The summed E-state index contributed by atoms with van der Waals surface area (Å²) in [5.41, 5.74) is 0. The predicted octanol–water partition coefficient (Wildman–Crippen LogP) is 0.328. The third kappa shape index (κ3) is 4.85. The molecule has 0 aliphatic carbocycles. The smallest absolute Gasteiger partial charge is 0.0474 e. The maximum Gasteiger partial charge on any atom is 0.0474 e. The van der Waals surface area contributed by atoms with E-state index in [1.807, 2.05) is 36.4 Å². The molecule has 0 saturated carbocycles. The zero-order valence-electron chi connectivity index (χ0n) is 7.09. The molecule has 0 amide bonds. The van der Waals surface area contributed by atoms with Crippen LogP contribution in [0.4, 0.5) is 0 Å². The Morgan fingerprint density at radius 3 is 0.917 bits per heavy atom. The third-order valence-corrected chi connectivity index (χ3v) is 1.42. The van der Waals surface area contributed by atoms with E-state index in [0.717, 1.165) is 20.0 Å². The van der Waals surface area contributed by atoms with E-state index in [2.05, 4.69) is 16.0 Å². The van der Waals surface area contributed by atoms with Crippen molar-refractivity contribution in [2.24, 2.45) is 0 Å². The van der Waals surface area contributed by atoms with Crippen LogP contribution in [-0.4, -0.2) is 20.0 Å². The number of rotatable bonds is 0. The Morgan fingerprint density at radius 2 is 0.750 bits per heavy atom. The van der Waals surface area contributed by atoms with E-state index in [0.29, 0.717) is 0 Å². The highest BCUT2D eigenvalue weighted by Crippen LogP contribution is 1.79. The first-order valence-corrected chi connectivity index (χ1v) is 4.12. The summed E-state index contributed by atoms with van der Waals surface area (Å²) in [5, 5.41) is 9.19. The quantitative estimate of drug-likeness (QED) is 0.518. The van der Waals surface area contributed by atoms with Crippen LogP contribution in [0, 0.1) is 0 Å². The maximum atomic E-state index is 3.06. The van der Waals surface area contributed by atoms with E-state index in [4.69, 9.17) is 0 Å². The lowest BCUT2D eigenvalue weighted by Gasteiger charge is -2.13. The fourth-order valence-electron chi connectivity index (χ4n) is 0.838. The van der Waals surface area contributed by atoms with Gasteiger partial charge in [-0.2, -0.15) is 0 Å².